The topological polar surface area (TPSA) is 64.1 Å². The molecule has 1 fully saturated rings. The Morgan fingerprint density at radius 1 is 1.10 bits per heavy atom. The van der Waals surface area contributed by atoms with Crippen LogP contribution in [-0.2, 0) is 27.4 Å². The predicted molar refractivity (Wildman–Crippen MR) is 118 cm³/mol. The van der Waals surface area contributed by atoms with Crippen LogP contribution in [0.15, 0.2) is 29.3 Å². The summed E-state index contributed by atoms with van der Waals surface area (Å²) >= 11 is 0. The predicted octanol–water partition coefficient (Wildman–Crippen LogP) is 3.64. The van der Waals surface area contributed by atoms with E-state index in [-0.39, 0.29) is 0 Å². The van der Waals surface area contributed by atoms with Crippen LogP contribution in [0.4, 0.5) is 0 Å². The van der Waals surface area contributed by atoms with Crippen LogP contribution in [0.2, 0.25) is 0 Å². The van der Waals surface area contributed by atoms with Crippen LogP contribution in [0.25, 0.3) is 0 Å². The normalized spacial score (nSPS) is 15.4. The molecule has 0 spiro atoms. The molecule has 1 aromatic carbocycles. The molecule has 0 amide bonds. The van der Waals surface area contributed by atoms with Crippen molar-refractivity contribution in [2.24, 2.45) is 4.99 Å². The number of ether oxygens (including phenoxy) is 3. The monoisotopic (exact) mass is 405 g/mol. The van der Waals surface area contributed by atoms with Gasteiger partial charge < -0.3 is 24.8 Å². The van der Waals surface area contributed by atoms with Crippen molar-refractivity contribution in [3.8, 4) is 0 Å². The van der Waals surface area contributed by atoms with Gasteiger partial charge in [-0.1, -0.05) is 37.6 Å². The van der Waals surface area contributed by atoms with E-state index in [2.05, 4.69) is 48.7 Å². The number of benzene rings is 1. The second-order valence-electron chi connectivity index (χ2n) is 7.38. The molecule has 6 heteroatoms. The van der Waals surface area contributed by atoms with Crippen molar-refractivity contribution in [2.45, 2.75) is 65.2 Å². The Balaban J connectivity index is 1.74. The van der Waals surface area contributed by atoms with E-state index in [0.29, 0.717) is 19.3 Å². The molecular formula is C23H39N3O3. The van der Waals surface area contributed by atoms with Gasteiger partial charge in [0.15, 0.2) is 5.96 Å². The summed E-state index contributed by atoms with van der Waals surface area (Å²) in [6.45, 7) is 10.5. The average Bonchev–Trinajstić information content (AvgIpc) is 2.76. The number of nitrogens with one attached hydrogen (secondary N) is 2. The Kier molecular flexibility index (Phi) is 12.4. The molecule has 164 valence electrons. The third-order valence-electron chi connectivity index (χ3n) is 4.81. The van der Waals surface area contributed by atoms with E-state index in [0.717, 1.165) is 71.2 Å². The van der Waals surface area contributed by atoms with Gasteiger partial charge in [0.2, 0.25) is 0 Å². The molecule has 2 rings (SSSR count). The van der Waals surface area contributed by atoms with Crippen LogP contribution < -0.4 is 10.6 Å². The number of aliphatic imine (C=N–C) groups is 1. The van der Waals surface area contributed by atoms with Crippen molar-refractivity contribution in [1.82, 2.24) is 10.6 Å². The molecule has 29 heavy (non-hydrogen) atoms. The van der Waals surface area contributed by atoms with E-state index in [4.69, 9.17) is 19.2 Å². The zero-order valence-electron chi connectivity index (χ0n) is 18.3. The number of hydrogen-bond donors (Lipinski definition) is 2. The maximum Gasteiger partial charge on any atom is 0.191 e. The number of rotatable bonds is 13. The first-order chi connectivity index (χ1) is 14.3. The van der Waals surface area contributed by atoms with Crippen molar-refractivity contribution in [2.75, 3.05) is 39.5 Å². The highest BCUT2D eigenvalue weighted by molar-refractivity contribution is 5.79. The van der Waals surface area contributed by atoms with Crippen LogP contribution >= 0.6 is 0 Å². The summed E-state index contributed by atoms with van der Waals surface area (Å²) in [5.74, 6) is 0.852. The lowest BCUT2D eigenvalue weighted by Crippen LogP contribution is -2.38. The summed E-state index contributed by atoms with van der Waals surface area (Å²) in [5, 5.41) is 6.70. The molecular weight excluding hydrogens is 366 g/mol. The van der Waals surface area contributed by atoms with Gasteiger partial charge in [-0.15, -0.1) is 0 Å². The second kappa shape index (κ2) is 15.2. The number of nitrogens with zero attached hydrogens (tertiary/aromatic N) is 1. The van der Waals surface area contributed by atoms with Crippen molar-refractivity contribution in [3.63, 3.8) is 0 Å². The molecule has 0 aromatic heterocycles. The number of hydrogen-bond acceptors (Lipinski definition) is 4. The Bertz CT molecular complexity index is 574. The average molecular weight is 406 g/mol. The molecule has 0 bridgehead atoms. The molecule has 6 nitrogen and oxygen atoms in total. The van der Waals surface area contributed by atoms with E-state index in [1.807, 2.05) is 0 Å². The number of guanidine groups is 1. The molecule has 1 aromatic rings. The lowest BCUT2D eigenvalue weighted by molar-refractivity contribution is -0.0390. The fraction of sp³-hybridized carbons (Fsp3) is 0.696. The van der Waals surface area contributed by atoms with Gasteiger partial charge in [-0.25, -0.2) is 4.99 Å². The van der Waals surface area contributed by atoms with Crippen LogP contribution in [0.3, 0.4) is 0 Å². The fourth-order valence-electron chi connectivity index (χ4n) is 3.12. The molecule has 1 saturated heterocycles. The van der Waals surface area contributed by atoms with E-state index in [1.165, 1.54) is 17.5 Å². The molecule has 0 atom stereocenters. The van der Waals surface area contributed by atoms with Crippen LogP contribution in [0.1, 0.15) is 57.1 Å². The van der Waals surface area contributed by atoms with Gasteiger partial charge in [-0.2, -0.15) is 0 Å². The summed E-state index contributed by atoms with van der Waals surface area (Å²) in [4.78, 5) is 4.72. The first-order valence-corrected chi connectivity index (χ1v) is 11.2. The molecule has 0 saturated carbocycles. The maximum atomic E-state index is 6.04. The highest BCUT2D eigenvalue weighted by atomic mass is 16.5. The highest BCUT2D eigenvalue weighted by Crippen LogP contribution is 2.14. The van der Waals surface area contributed by atoms with E-state index < -0.39 is 0 Å². The van der Waals surface area contributed by atoms with Crippen LogP contribution in [-0.4, -0.2) is 51.6 Å². The minimum absolute atomic E-state index is 0.320. The molecule has 1 aliphatic heterocycles. The summed E-state index contributed by atoms with van der Waals surface area (Å²) in [6.07, 6.45) is 5.60. The SMILES string of the molecule is CCCCOCCCNC(=NCc1cccc(COC2CCOCC2)c1)NCC. The van der Waals surface area contributed by atoms with E-state index in [9.17, 15) is 0 Å². The first kappa shape index (κ1) is 23.6. The van der Waals surface area contributed by atoms with Gasteiger partial charge in [-0.3, -0.25) is 0 Å². The maximum absolute atomic E-state index is 6.04. The first-order valence-electron chi connectivity index (χ1n) is 11.2. The fourth-order valence-corrected chi connectivity index (χ4v) is 3.12. The summed E-state index contributed by atoms with van der Waals surface area (Å²) in [6, 6.07) is 8.51. The quantitative estimate of drug-likeness (QED) is 0.298. The molecule has 1 heterocycles. The van der Waals surface area contributed by atoms with Gasteiger partial charge in [0.05, 0.1) is 19.3 Å². The standard InChI is InChI=1S/C23H39N3O3/c1-3-5-13-27-14-7-12-25-23(24-4-2)26-18-20-8-6-9-21(17-20)19-29-22-10-15-28-16-11-22/h6,8-9,17,22H,3-5,7,10-16,18-19H2,1-2H3,(H2,24,25,26). The Morgan fingerprint density at radius 2 is 1.90 bits per heavy atom. The zero-order chi connectivity index (χ0) is 20.6. The Morgan fingerprint density at radius 3 is 2.69 bits per heavy atom. The summed E-state index contributed by atoms with van der Waals surface area (Å²) < 4.78 is 17.0. The molecule has 0 radical (unpaired) electrons. The van der Waals surface area contributed by atoms with Gasteiger partial charge in [0.25, 0.3) is 0 Å². The Hall–Kier alpha value is -1.63. The molecule has 0 aliphatic carbocycles. The van der Waals surface area contributed by atoms with Gasteiger partial charge in [-0.05, 0) is 43.7 Å². The zero-order valence-corrected chi connectivity index (χ0v) is 18.3. The van der Waals surface area contributed by atoms with Crippen molar-refractivity contribution in [3.05, 3.63) is 35.4 Å². The minimum atomic E-state index is 0.320. The molecule has 0 unspecified atom stereocenters. The van der Waals surface area contributed by atoms with E-state index >= 15 is 0 Å². The Labute approximate surface area is 176 Å². The third-order valence-corrected chi connectivity index (χ3v) is 4.81. The second-order valence-corrected chi connectivity index (χ2v) is 7.38. The van der Waals surface area contributed by atoms with Gasteiger partial charge in [0, 0.05) is 39.5 Å². The van der Waals surface area contributed by atoms with Gasteiger partial charge in [0.1, 0.15) is 0 Å². The number of unbranched alkanes of at least 4 members (excludes halogenated alkanes) is 1. The largest absolute Gasteiger partial charge is 0.381 e. The van der Waals surface area contributed by atoms with Crippen molar-refractivity contribution < 1.29 is 14.2 Å². The highest BCUT2D eigenvalue weighted by Gasteiger charge is 2.14. The van der Waals surface area contributed by atoms with Crippen molar-refractivity contribution >= 4 is 5.96 Å². The third kappa shape index (κ3) is 10.6. The van der Waals surface area contributed by atoms with Gasteiger partial charge >= 0.3 is 0 Å². The summed E-state index contributed by atoms with van der Waals surface area (Å²) in [7, 11) is 0. The molecule has 1 aliphatic rings. The van der Waals surface area contributed by atoms with Crippen molar-refractivity contribution in [1.29, 1.82) is 0 Å². The summed E-state index contributed by atoms with van der Waals surface area (Å²) in [5.41, 5.74) is 2.39. The lowest BCUT2D eigenvalue weighted by Gasteiger charge is -2.22. The minimum Gasteiger partial charge on any atom is -0.381 e. The smallest absolute Gasteiger partial charge is 0.191 e. The van der Waals surface area contributed by atoms with Crippen LogP contribution in [0.5, 0.6) is 0 Å². The van der Waals surface area contributed by atoms with Crippen LogP contribution in [0, 0.1) is 0 Å². The van der Waals surface area contributed by atoms with E-state index in [1.54, 1.807) is 0 Å². The lowest BCUT2D eigenvalue weighted by atomic mass is 10.1. The molecule has 2 N–H and O–H groups in total.